The van der Waals surface area contributed by atoms with Gasteiger partial charge in [-0.1, -0.05) is 29.3 Å². The van der Waals surface area contributed by atoms with E-state index in [0.717, 1.165) is 22.2 Å². The second kappa shape index (κ2) is 5.45. The molecule has 0 aliphatic heterocycles. The maximum atomic E-state index is 12.7. The Labute approximate surface area is 128 Å². The molecule has 22 heavy (non-hydrogen) atoms. The lowest BCUT2D eigenvalue weighted by molar-refractivity contribution is 0.0976. The third kappa shape index (κ3) is 2.49. The Balaban J connectivity index is 2.03. The summed E-state index contributed by atoms with van der Waals surface area (Å²) in [5.41, 5.74) is 4.13. The molecular formula is C18H15N3O. The molecule has 4 heteroatoms. The van der Waals surface area contributed by atoms with Gasteiger partial charge in [0.25, 0.3) is 0 Å². The first-order chi connectivity index (χ1) is 10.6. The first-order valence-electron chi connectivity index (χ1n) is 7.05. The molecule has 3 aromatic rings. The van der Waals surface area contributed by atoms with Gasteiger partial charge in [0.2, 0.25) is 0 Å². The summed E-state index contributed by atoms with van der Waals surface area (Å²) < 4.78 is 0. The van der Waals surface area contributed by atoms with Crippen molar-refractivity contribution in [2.24, 2.45) is 0 Å². The summed E-state index contributed by atoms with van der Waals surface area (Å²) in [6.07, 6.45) is 0. The van der Waals surface area contributed by atoms with Crippen LogP contribution >= 0.6 is 0 Å². The predicted molar refractivity (Wildman–Crippen MR) is 84.7 cm³/mol. The molecule has 1 unspecified atom stereocenters. The molecule has 3 rings (SSSR count). The van der Waals surface area contributed by atoms with E-state index in [2.05, 4.69) is 16.0 Å². The van der Waals surface area contributed by atoms with Crippen LogP contribution in [0.1, 0.15) is 33.2 Å². The molecule has 0 saturated heterocycles. The Bertz CT molecular complexity index is 849. The summed E-state index contributed by atoms with van der Waals surface area (Å²) in [6.45, 7) is 3.87. The summed E-state index contributed by atoms with van der Waals surface area (Å²) in [6, 6.07) is 15.2. The number of nitrogens with one attached hydrogen (secondary N) is 1. The molecule has 0 aliphatic rings. The topological polar surface area (TPSA) is 69.5 Å². The number of imidazole rings is 1. The van der Waals surface area contributed by atoms with E-state index in [9.17, 15) is 10.1 Å². The Morgan fingerprint density at radius 2 is 1.86 bits per heavy atom. The minimum absolute atomic E-state index is 0.228. The van der Waals surface area contributed by atoms with Crippen LogP contribution < -0.4 is 0 Å². The number of benzene rings is 2. The van der Waals surface area contributed by atoms with Gasteiger partial charge in [0.1, 0.15) is 5.82 Å². The zero-order valence-electron chi connectivity index (χ0n) is 12.4. The second-order valence-corrected chi connectivity index (χ2v) is 5.44. The number of hydrogen-bond acceptors (Lipinski definition) is 3. The van der Waals surface area contributed by atoms with E-state index in [0.29, 0.717) is 11.4 Å². The molecule has 0 amide bonds. The summed E-state index contributed by atoms with van der Waals surface area (Å²) in [4.78, 5) is 20.1. The van der Waals surface area contributed by atoms with Crippen LogP contribution in [0.2, 0.25) is 0 Å². The van der Waals surface area contributed by atoms with E-state index < -0.39 is 5.92 Å². The van der Waals surface area contributed by atoms with Crippen LogP contribution in [0.25, 0.3) is 11.0 Å². The van der Waals surface area contributed by atoms with Crippen LogP contribution in [0.15, 0.2) is 42.5 Å². The van der Waals surface area contributed by atoms with Crippen molar-refractivity contribution in [2.45, 2.75) is 19.8 Å². The molecule has 0 spiro atoms. The van der Waals surface area contributed by atoms with Gasteiger partial charge >= 0.3 is 0 Å². The fourth-order valence-corrected chi connectivity index (χ4v) is 2.64. The zero-order valence-corrected chi connectivity index (χ0v) is 12.4. The van der Waals surface area contributed by atoms with Crippen LogP contribution in [-0.2, 0) is 0 Å². The fraction of sp³-hybridized carbons (Fsp3) is 0.167. The number of fused-ring (bicyclic) bond motifs is 1. The SMILES string of the molecule is Cc1cc(C)cc(C(=O)C(C#N)c2nc3ccccc3[nH]2)c1. The van der Waals surface area contributed by atoms with Crippen molar-refractivity contribution in [1.82, 2.24) is 9.97 Å². The van der Waals surface area contributed by atoms with Crippen molar-refractivity contribution in [2.75, 3.05) is 0 Å². The highest BCUT2D eigenvalue weighted by Crippen LogP contribution is 2.22. The number of aromatic nitrogens is 2. The van der Waals surface area contributed by atoms with E-state index in [1.165, 1.54) is 0 Å². The number of hydrogen-bond donors (Lipinski definition) is 1. The van der Waals surface area contributed by atoms with Gasteiger partial charge < -0.3 is 4.98 Å². The number of H-pyrrole nitrogens is 1. The largest absolute Gasteiger partial charge is 0.340 e. The summed E-state index contributed by atoms with van der Waals surface area (Å²) in [5.74, 6) is -0.755. The number of para-hydroxylation sites is 2. The van der Waals surface area contributed by atoms with Gasteiger partial charge in [0.05, 0.1) is 17.1 Å². The fourth-order valence-electron chi connectivity index (χ4n) is 2.64. The normalized spacial score (nSPS) is 12.0. The molecule has 0 saturated carbocycles. The molecule has 2 aromatic carbocycles. The predicted octanol–water partition coefficient (Wildman–Crippen LogP) is 3.67. The highest BCUT2D eigenvalue weighted by Gasteiger charge is 2.25. The van der Waals surface area contributed by atoms with Crippen molar-refractivity contribution in [3.63, 3.8) is 0 Å². The van der Waals surface area contributed by atoms with Crippen LogP contribution in [-0.4, -0.2) is 15.8 Å². The van der Waals surface area contributed by atoms with Crippen LogP contribution in [0.4, 0.5) is 0 Å². The Kier molecular flexibility index (Phi) is 3.48. The molecule has 0 radical (unpaired) electrons. The first-order valence-corrected chi connectivity index (χ1v) is 7.05. The van der Waals surface area contributed by atoms with E-state index in [1.54, 1.807) is 0 Å². The monoisotopic (exact) mass is 289 g/mol. The van der Waals surface area contributed by atoms with Gasteiger partial charge in [-0.2, -0.15) is 5.26 Å². The van der Waals surface area contributed by atoms with Crippen molar-refractivity contribution >= 4 is 16.8 Å². The smallest absolute Gasteiger partial charge is 0.187 e. The van der Waals surface area contributed by atoms with Crippen LogP contribution in [0.3, 0.4) is 0 Å². The van der Waals surface area contributed by atoms with Crippen LogP contribution in [0, 0.1) is 25.2 Å². The number of nitrogens with zero attached hydrogens (tertiary/aromatic N) is 2. The quantitative estimate of drug-likeness (QED) is 0.748. The van der Waals surface area contributed by atoms with E-state index in [1.807, 2.05) is 56.3 Å². The van der Waals surface area contributed by atoms with Crippen molar-refractivity contribution in [3.05, 3.63) is 65.0 Å². The van der Waals surface area contributed by atoms with Crippen LogP contribution in [0.5, 0.6) is 0 Å². The molecule has 1 aromatic heterocycles. The third-order valence-electron chi connectivity index (χ3n) is 3.58. The third-order valence-corrected chi connectivity index (χ3v) is 3.58. The Hall–Kier alpha value is -2.93. The maximum Gasteiger partial charge on any atom is 0.187 e. The van der Waals surface area contributed by atoms with Gasteiger partial charge in [-0.05, 0) is 38.1 Å². The number of rotatable bonds is 3. The molecular weight excluding hydrogens is 274 g/mol. The standard InChI is InChI=1S/C18H15N3O/c1-11-7-12(2)9-13(8-11)17(22)14(10-19)18-20-15-5-3-4-6-16(15)21-18/h3-9,14H,1-2H3,(H,20,21). The van der Waals surface area contributed by atoms with Gasteiger partial charge in [0.15, 0.2) is 11.7 Å². The number of nitriles is 1. The molecule has 108 valence electrons. The van der Waals surface area contributed by atoms with E-state index >= 15 is 0 Å². The molecule has 0 aliphatic carbocycles. The Morgan fingerprint density at radius 3 is 2.50 bits per heavy atom. The minimum atomic E-state index is -0.923. The lowest BCUT2D eigenvalue weighted by Crippen LogP contribution is -2.13. The highest BCUT2D eigenvalue weighted by atomic mass is 16.1. The Morgan fingerprint density at radius 1 is 1.18 bits per heavy atom. The lowest BCUT2D eigenvalue weighted by Gasteiger charge is -2.07. The van der Waals surface area contributed by atoms with E-state index in [4.69, 9.17) is 0 Å². The lowest BCUT2D eigenvalue weighted by atomic mass is 9.95. The van der Waals surface area contributed by atoms with Crippen molar-refractivity contribution in [1.29, 1.82) is 5.26 Å². The summed E-state index contributed by atoms with van der Waals surface area (Å²) in [5, 5.41) is 9.44. The molecule has 1 heterocycles. The number of aromatic amines is 1. The minimum Gasteiger partial charge on any atom is -0.340 e. The second-order valence-electron chi connectivity index (χ2n) is 5.44. The van der Waals surface area contributed by atoms with Gasteiger partial charge in [0, 0.05) is 5.56 Å². The van der Waals surface area contributed by atoms with Crippen molar-refractivity contribution in [3.8, 4) is 6.07 Å². The van der Waals surface area contributed by atoms with Gasteiger partial charge in [-0.3, -0.25) is 4.79 Å². The molecule has 1 N–H and O–H groups in total. The molecule has 0 bridgehead atoms. The zero-order chi connectivity index (χ0) is 15.7. The number of ketones is 1. The summed E-state index contributed by atoms with van der Waals surface area (Å²) >= 11 is 0. The number of Topliss-reactive ketones (excluding diaryl/α,β-unsaturated/α-hetero) is 1. The molecule has 4 nitrogen and oxygen atoms in total. The van der Waals surface area contributed by atoms with Crippen molar-refractivity contribution < 1.29 is 4.79 Å². The number of carbonyl (C=O) groups excluding carboxylic acids is 1. The number of carbonyl (C=O) groups is 1. The average molecular weight is 289 g/mol. The highest BCUT2D eigenvalue weighted by molar-refractivity contribution is 6.02. The summed E-state index contributed by atoms with van der Waals surface area (Å²) in [7, 11) is 0. The average Bonchev–Trinajstić information content (AvgIpc) is 2.90. The van der Waals surface area contributed by atoms with E-state index in [-0.39, 0.29) is 5.78 Å². The number of aryl methyl sites for hydroxylation is 2. The maximum absolute atomic E-state index is 12.7. The molecule has 0 fully saturated rings. The molecule has 1 atom stereocenters. The van der Waals surface area contributed by atoms with Gasteiger partial charge in [-0.15, -0.1) is 0 Å². The van der Waals surface area contributed by atoms with Gasteiger partial charge in [-0.25, -0.2) is 4.98 Å². The first kappa shape index (κ1) is 14.0.